The monoisotopic (exact) mass is 321 g/mol. The SMILES string of the molecule is CCOC(=O)c1cc([N+](=O)[O-])ccc1I. The third-order valence-corrected chi connectivity index (χ3v) is 2.60. The second kappa shape index (κ2) is 5.06. The zero-order chi connectivity index (χ0) is 11.4. The van der Waals surface area contributed by atoms with E-state index in [-0.39, 0.29) is 17.9 Å². The summed E-state index contributed by atoms with van der Waals surface area (Å²) in [5.74, 6) is -0.536. The van der Waals surface area contributed by atoms with Gasteiger partial charge in [0.25, 0.3) is 5.69 Å². The summed E-state index contributed by atoms with van der Waals surface area (Å²) in [6.07, 6.45) is 0. The van der Waals surface area contributed by atoms with Crippen LogP contribution in [0, 0.1) is 13.7 Å². The molecule has 0 heterocycles. The van der Waals surface area contributed by atoms with Gasteiger partial charge in [0.05, 0.1) is 17.1 Å². The van der Waals surface area contributed by atoms with E-state index in [9.17, 15) is 14.9 Å². The number of carbonyl (C=O) groups is 1. The number of nitro groups is 1. The first-order valence-electron chi connectivity index (χ1n) is 4.17. The van der Waals surface area contributed by atoms with Crippen molar-refractivity contribution in [2.24, 2.45) is 0 Å². The Morgan fingerprint density at radius 3 is 2.80 bits per heavy atom. The molecule has 0 N–H and O–H groups in total. The Balaban J connectivity index is 3.10. The van der Waals surface area contributed by atoms with Crippen molar-refractivity contribution in [3.63, 3.8) is 0 Å². The molecular weight excluding hydrogens is 313 g/mol. The van der Waals surface area contributed by atoms with E-state index in [4.69, 9.17) is 4.74 Å². The average Bonchev–Trinajstić information content (AvgIpc) is 2.18. The Labute approximate surface area is 99.7 Å². The van der Waals surface area contributed by atoms with Gasteiger partial charge in [-0.3, -0.25) is 10.1 Å². The molecule has 0 amide bonds. The first-order chi connectivity index (χ1) is 7.06. The van der Waals surface area contributed by atoms with Crippen LogP contribution >= 0.6 is 22.6 Å². The van der Waals surface area contributed by atoms with Gasteiger partial charge in [-0.2, -0.15) is 0 Å². The number of rotatable bonds is 3. The van der Waals surface area contributed by atoms with Crippen LogP contribution in [0.4, 0.5) is 5.69 Å². The van der Waals surface area contributed by atoms with Gasteiger partial charge in [0.2, 0.25) is 0 Å². The van der Waals surface area contributed by atoms with Crippen LogP contribution in [-0.2, 0) is 4.74 Å². The molecule has 0 unspecified atom stereocenters. The van der Waals surface area contributed by atoms with Crippen LogP contribution in [-0.4, -0.2) is 17.5 Å². The van der Waals surface area contributed by atoms with Crippen molar-refractivity contribution in [3.8, 4) is 0 Å². The van der Waals surface area contributed by atoms with Gasteiger partial charge in [-0.05, 0) is 35.6 Å². The number of nitro benzene ring substituents is 1. The normalized spacial score (nSPS) is 9.73. The first-order valence-corrected chi connectivity index (χ1v) is 5.25. The summed E-state index contributed by atoms with van der Waals surface area (Å²) in [4.78, 5) is 21.3. The zero-order valence-corrected chi connectivity index (χ0v) is 10.1. The molecule has 0 aliphatic heterocycles. The largest absolute Gasteiger partial charge is 0.462 e. The maximum absolute atomic E-state index is 11.4. The van der Waals surface area contributed by atoms with Gasteiger partial charge in [-0.1, -0.05) is 0 Å². The van der Waals surface area contributed by atoms with Crippen molar-refractivity contribution in [3.05, 3.63) is 37.4 Å². The Kier molecular flexibility index (Phi) is 4.01. The molecule has 0 atom stereocenters. The minimum Gasteiger partial charge on any atom is -0.462 e. The van der Waals surface area contributed by atoms with Crippen molar-refractivity contribution in [1.29, 1.82) is 0 Å². The Morgan fingerprint density at radius 1 is 1.60 bits per heavy atom. The lowest BCUT2D eigenvalue weighted by Gasteiger charge is -2.03. The van der Waals surface area contributed by atoms with Crippen LogP contribution in [0.5, 0.6) is 0 Å². The topological polar surface area (TPSA) is 69.4 Å². The maximum atomic E-state index is 11.4. The van der Waals surface area contributed by atoms with Gasteiger partial charge in [-0.15, -0.1) is 0 Å². The van der Waals surface area contributed by atoms with E-state index in [2.05, 4.69) is 0 Å². The number of esters is 1. The molecular formula is C9H8INO4. The second-order valence-corrected chi connectivity index (χ2v) is 3.80. The van der Waals surface area contributed by atoms with Crippen LogP contribution in [0.15, 0.2) is 18.2 Å². The number of benzene rings is 1. The van der Waals surface area contributed by atoms with Crippen LogP contribution in [0.2, 0.25) is 0 Å². The quantitative estimate of drug-likeness (QED) is 0.371. The van der Waals surface area contributed by atoms with Gasteiger partial charge in [0.15, 0.2) is 0 Å². The molecule has 5 nitrogen and oxygen atoms in total. The summed E-state index contributed by atoms with van der Waals surface area (Å²) in [7, 11) is 0. The van der Waals surface area contributed by atoms with Crippen LogP contribution < -0.4 is 0 Å². The number of non-ortho nitro benzene ring substituents is 1. The lowest BCUT2D eigenvalue weighted by Crippen LogP contribution is -2.07. The summed E-state index contributed by atoms with van der Waals surface area (Å²) in [6, 6.07) is 4.09. The molecule has 0 spiro atoms. The lowest BCUT2D eigenvalue weighted by atomic mass is 10.2. The molecule has 0 aliphatic rings. The van der Waals surface area contributed by atoms with E-state index in [0.29, 0.717) is 3.57 Å². The lowest BCUT2D eigenvalue weighted by molar-refractivity contribution is -0.384. The summed E-state index contributed by atoms with van der Waals surface area (Å²) < 4.78 is 5.41. The van der Waals surface area contributed by atoms with Gasteiger partial charge >= 0.3 is 5.97 Å². The average molecular weight is 321 g/mol. The predicted octanol–water partition coefficient (Wildman–Crippen LogP) is 2.38. The molecule has 80 valence electrons. The number of halogens is 1. The number of ether oxygens (including phenoxy) is 1. The highest BCUT2D eigenvalue weighted by Gasteiger charge is 2.15. The van der Waals surface area contributed by atoms with Crippen molar-refractivity contribution < 1.29 is 14.5 Å². The van der Waals surface area contributed by atoms with Crippen molar-refractivity contribution in [2.75, 3.05) is 6.61 Å². The van der Waals surface area contributed by atoms with Gasteiger partial charge in [0.1, 0.15) is 0 Å². The summed E-state index contributed by atoms with van der Waals surface area (Å²) in [6.45, 7) is 1.93. The summed E-state index contributed by atoms with van der Waals surface area (Å²) in [5, 5.41) is 10.5. The van der Waals surface area contributed by atoms with E-state index in [1.54, 1.807) is 6.92 Å². The van der Waals surface area contributed by atoms with E-state index in [1.807, 2.05) is 22.6 Å². The summed E-state index contributed by atoms with van der Waals surface area (Å²) >= 11 is 1.93. The van der Waals surface area contributed by atoms with Crippen molar-refractivity contribution in [1.82, 2.24) is 0 Å². The highest BCUT2D eigenvalue weighted by Crippen LogP contribution is 2.20. The molecule has 0 radical (unpaired) electrons. The molecule has 15 heavy (non-hydrogen) atoms. The molecule has 0 saturated heterocycles. The smallest absolute Gasteiger partial charge is 0.339 e. The van der Waals surface area contributed by atoms with Crippen LogP contribution in [0.3, 0.4) is 0 Å². The number of hydrogen-bond acceptors (Lipinski definition) is 4. The number of hydrogen-bond donors (Lipinski definition) is 0. The molecule has 6 heteroatoms. The van der Waals surface area contributed by atoms with Crippen LogP contribution in [0.25, 0.3) is 0 Å². The van der Waals surface area contributed by atoms with Gasteiger partial charge in [0, 0.05) is 15.7 Å². The Morgan fingerprint density at radius 2 is 2.27 bits per heavy atom. The Bertz CT molecular complexity index is 405. The van der Waals surface area contributed by atoms with E-state index >= 15 is 0 Å². The maximum Gasteiger partial charge on any atom is 0.339 e. The number of carbonyl (C=O) groups excluding carboxylic acids is 1. The van der Waals surface area contributed by atoms with E-state index in [0.717, 1.165) is 0 Å². The molecule has 0 bridgehead atoms. The zero-order valence-electron chi connectivity index (χ0n) is 7.90. The number of nitrogens with zero attached hydrogens (tertiary/aromatic N) is 1. The summed E-state index contributed by atoms with van der Waals surface area (Å²) in [5.41, 5.74) is 0.116. The highest BCUT2D eigenvalue weighted by molar-refractivity contribution is 14.1. The second-order valence-electron chi connectivity index (χ2n) is 2.64. The van der Waals surface area contributed by atoms with Gasteiger partial charge < -0.3 is 4.74 Å². The van der Waals surface area contributed by atoms with Gasteiger partial charge in [-0.25, -0.2) is 4.79 Å². The third kappa shape index (κ3) is 2.88. The first kappa shape index (κ1) is 11.9. The third-order valence-electron chi connectivity index (χ3n) is 1.66. The van der Waals surface area contributed by atoms with Crippen LogP contribution in [0.1, 0.15) is 17.3 Å². The molecule has 0 saturated carbocycles. The Hall–Kier alpha value is -1.18. The molecule has 0 aromatic heterocycles. The molecule has 0 aliphatic carbocycles. The standard InChI is InChI=1S/C9H8INO4/c1-2-15-9(12)7-5-6(11(13)14)3-4-8(7)10/h3-5H,2H2,1H3. The minimum atomic E-state index is -0.543. The predicted molar refractivity (Wildman–Crippen MR) is 61.8 cm³/mol. The molecule has 0 fully saturated rings. The fraction of sp³-hybridized carbons (Fsp3) is 0.222. The fourth-order valence-corrected chi connectivity index (χ4v) is 1.55. The molecule has 1 aromatic rings. The molecule has 1 rings (SSSR count). The fourth-order valence-electron chi connectivity index (χ4n) is 0.992. The van der Waals surface area contributed by atoms with E-state index < -0.39 is 10.9 Å². The minimum absolute atomic E-state index is 0.113. The van der Waals surface area contributed by atoms with Crippen molar-refractivity contribution in [2.45, 2.75) is 6.92 Å². The van der Waals surface area contributed by atoms with Crippen molar-refractivity contribution >= 4 is 34.2 Å². The van der Waals surface area contributed by atoms with E-state index in [1.165, 1.54) is 18.2 Å². The molecule has 1 aromatic carbocycles. The highest BCUT2D eigenvalue weighted by atomic mass is 127.